The highest BCUT2D eigenvalue weighted by Crippen LogP contribution is 2.39. The van der Waals surface area contributed by atoms with Gasteiger partial charge in [-0.1, -0.05) is 0 Å². The van der Waals surface area contributed by atoms with Gasteiger partial charge in [0.15, 0.2) is 0 Å². The second kappa shape index (κ2) is 9.55. The predicted octanol–water partition coefficient (Wildman–Crippen LogP) is 3.19. The van der Waals surface area contributed by atoms with Crippen LogP contribution in [0.4, 0.5) is 4.39 Å². The molecule has 1 aromatic carbocycles. The van der Waals surface area contributed by atoms with E-state index in [9.17, 15) is 4.39 Å². The SMILES string of the molecule is COc1cc([C@H](CCF)N2CCNCC2)c(OC)cc1Br.Cl. The van der Waals surface area contributed by atoms with Gasteiger partial charge in [-0.25, -0.2) is 0 Å². The van der Waals surface area contributed by atoms with Crippen molar-refractivity contribution in [1.29, 1.82) is 0 Å². The number of alkyl halides is 1. The first-order valence-electron chi connectivity index (χ1n) is 7.13. The lowest BCUT2D eigenvalue weighted by Gasteiger charge is -2.35. The highest BCUT2D eigenvalue weighted by molar-refractivity contribution is 9.10. The maximum absolute atomic E-state index is 13.1. The van der Waals surface area contributed by atoms with E-state index in [0.29, 0.717) is 6.42 Å². The molecule has 0 spiro atoms. The standard InChI is InChI=1S/C15H22BrFN2O2.ClH/c1-20-14-10-12(16)15(21-2)9-11(14)13(3-4-17)19-7-5-18-6-8-19;/h9-10,13,18H,3-8H2,1-2H3;1H/t13-;/m0./s1. The Balaban J connectivity index is 0.00000242. The molecule has 1 aromatic rings. The van der Waals surface area contributed by atoms with Crippen LogP contribution in [0.5, 0.6) is 11.5 Å². The van der Waals surface area contributed by atoms with E-state index in [-0.39, 0.29) is 25.1 Å². The molecule has 1 aliphatic rings. The lowest BCUT2D eigenvalue weighted by molar-refractivity contribution is 0.154. The van der Waals surface area contributed by atoms with Crippen LogP contribution in [-0.4, -0.2) is 52.0 Å². The Bertz CT molecular complexity index is 473. The molecule has 1 aliphatic heterocycles. The topological polar surface area (TPSA) is 33.7 Å². The fourth-order valence-electron chi connectivity index (χ4n) is 2.78. The second-order valence-corrected chi connectivity index (χ2v) is 5.86. The molecule has 1 fully saturated rings. The maximum Gasteiger partial charge on any atom is 0.133 e. The van der Waals surface area contributed by atoms with E-state index in [1.807, 2.05) is 12.1 Å². The first-order valence-corrected chi connectivity index (χ1v) is 7.92. The Labute approximate surface area is 145 Å². The molecule has 0 saturated carbocycles. The minimum Gasteiger partial charge on any atom is -0.496 e. The largest absolute Gasteiger partial charge is 0.496 e. The minimum absolute atomic E-state index is 0. The van der Waals surface area contributed by atoms with E-state index in [2.05, 4.69) is 26.1 Å². The molecule has 2 rings (SSSR count). The van der Waals surface area contributed by atoms with Gasteiger partial charge in [0.1, 0.15) is 11.5 Å². The normalized spacial score (nSPS) is 16.7. The van der Waals surface area contributed by atoms with Crippen molar-refractivity contribution in [2.45, 2.75) is 12.5 Å². The van der Waals surface area contributed by atoms with E-state index in [4.69, 9.17) is 9.47 Å². The smallest absolute Gasteiger partial charge is 0.133 e. The van der Waals surface area contributed by atoms with Gasteiger partial charge < -0.3 is 14.8 Å². The van der Waals surface area contributed by atoms with Gasteiger partial charge in [0.25, 0.3) is 0 Å². The summed E-state index contributed by atoms with van der Waals surface area (Å²) in [6.07, 6.45) is 0.459. The molecule has 1 N–H and O–H groups in total. The van der Waals surface area contributed by atoms with Crippen LogP contribution in [0, 0.1) is 0 Å². The lowest BCUT2D eigenvalue weighted by Crippen LogP contribution is -2.45. The van der Waals surface area contributed by atoms with Gasteiger partial charge in [0.05, 0.1) is 25.4 Å². The number of nitrogens with zero attached hydrogens (tertiary/aromatic N) is 1. The summed E-state index contributed by atoms with van der Waals surface area (Å²) in [5.41, 5.74) is 0.983. The summed E-state index contributed by atoms with van der Waals surface area (Å²) < 4.78 is 24.8. The van der Waals surface area contributed by atoms with Crippen molar-refractivity contribution in [2.75, 3.05) is 47.1 Å². The highest BCUT2D eigenvalue weighted by Gasteiger charge is 2.26. The van der Waals surface area contributed by atoms with Crippen LogP contribution in [0.2, 0.25) is 0 Å². The Morgan fingerprint density at radius 3 is 2.41 bits per heavy atom. The number of benzene rings is 1. The molecule has 0 aromatic heterocycles. The summed E-state index contributed by atoms with van der Waals surface area (Å²) in [6.45, 7) is 3.33. The third-order valence-corrected chi connectivity index (χ3v) is 4.46. The number of piperazine rings is 1. The van der Waals surface area contributed by atoms with Crippen LogP contribution < -0.4 is 14.8 Å². The van der Waals surface area contributed by atoms with Crippen molar-refractivity contribution in [3.8, 4) is 11.5 Å². The van der Waals surface area contributed by atoms with Crippen molar-refractivity contribution < 1.29 is 13.9 Å². The molecular formula is C15H23BrClFN2O2. The van der Waals surface area contributed by atoms with Gasteiger partial charge >= 0.3 is 0 Å². The van der Waals surface area contributed by atoms with Gasteiger partial charge in [0.2, 0.25) is 0 Å². The fraction of sp³-hybridized carbons (Fsp3) is 0.600. The van der Waals surface area contributed by atoms with Gasteiger partial charge in [-0.05, 0) is 34.5 Å². The zero-order chi connectivity index (χ0) is 15.2. The first kappa shape index (κ1) is 19.5. The van der Waals surface area contributed by atoms with Crippen molar-refractivity contribution in [1.82, 2.24) is 10.2 Å². The lowest BCUT2D eigenvalue weighted by atomic mass is 10.00. The summed E-state index contributed by atoms with van der Waals surface area (Å²) in [5, 5.41) is 3.32. The average molecular weight is 398 g/mol. The van der Waals surface area contributed by atoms with E-state index in [0.717, 1.165) is 47.7 Å². The molecule has 126 valence electrons. The summed E-state index contributed by atoms with van der Waals surface area (Å²) in [6, 6.07) is 3.85. The maximum atomic E-state index is 13.1. The van der Waals surface area contributed by atoms with Crippen LogP contribution in [0.25, 0.3) is 0 Å². The molecular weight excluding hydrogens is 375 g/mol. The number of hydrogen-bond donors (Lipinski definition) is 1. The molecule has 0 bridgehead atoms. The molecule has 0 amide bonds. The van der Waals surface area contributed by atoms with Crippen molar-refractivity contribution in [3.05, 3.63) is 22.2 Å². The molecule has 22 heavy (non-hydrogen) atoms. The number of nitrogens with one attached hydrogen (secondary N) is 1. The quantitative estimate of drug-likeness (QED) is 0.799. The van der Waals surface area contributed by atoms with Gasteiger partial charge in [-0.3, -0.25) is 9.29 Å². The molecule has 4 nitrogen and oxygen atoms in total. The van der Waals surface area contributed by atoms with E-state index in [1.165, 1.54) is 0 Å². The van der Waals surface area contributed by atoms with Crippen molar-refractivity contribution in [2.24, 2.45) is 0 Å². The molecule has 1 saturated heterocycles. The van der Waals surface area contributed by atoms with Gasteiger partial charge in [-0.15, -0.1) is 12.4 Å². The Morgan fingerprint density at radius 2 is 1.86 bits per heavy atom. The zero-order valence-electron chi connectivity index (χ0n) is 12.9. The highest BCUT2D eigenvalue weighted by atomic mass is 79.9. The van der Waals surface area contributed by atoms with Crippen LogP contribution in [0.3, 0.4) is 0 Å². The summed E-state index contributed by atoms with van der Waals surface area (Å²) in [7, 11) is 3.27. The zero-order valence-corrected chi connectivity index (χ0v) is 15.3. The molecule has 7 heteroatoms. The molecule has 0 radical (unpaired) electrons. The predicted molar refractivity (Wildman–Crippen MR) is 92.3 cm³/mol. The Kier molecular flexibility index (Phi) is 8.46. The first-order chi connectivity index (χ1) is 10.2. The third kappa shape index (κ3) is 4.47. The molecule has 1 heterocycles. The third-order valence-electron chi connectivity index (χ3n) is 3.84. The molecule has 0 unspecified atom stereocenters. The van der Waals surface area contributed by atoms with Crippen LogP contribution in [-0.2, 0) is 0 Å². The van der Waals surface area contributed by atoms with Crippen molar-refractivity contribution >= 4 is 28.3 Å². The van der Waals surface area contributed by atoms with E-state index < -0.39 is 0 Å². The number of halogens is 3. The number of methoxy groups -OCH3 is 2. The van der Waals surface area contributed by atoms with Crippen LogP contribution in [0.15, 0.2) is 16.6 Å². The molecule has 0 aliphatic carbocycles. The fourth-order valence-corrected chi connectivity index (χ4v) is 3.26. The average Bonchev–Trinajstić information content (AvgIpc) is 2.53. The number of ether oxygens (including phenoxy) is 2. The van der Waals surface area contributed by atoms with Crippen molar-refractivity contribution in [3.63, 3.8) is 0 Å². The Morgan fingerprint density at radius 1 is 1.23 bits per heavy atom. The summed E-state index contributed by atoms with van der Waals surface area (Å²) in [4.78, 5) is 2.31. The summed E-state index contributed by atoms with van der Waals surface area (Å²) >= 11 is 3.46. The number of hydrogen-bond acceptors (Lipinski definition) is 4. The van der Waals surface area contributed by atoms with E-state index in [1.54, 1.807) is 14.2 Å². The van der Waals surface area contributed by atoms with E-state index >= 15 is 0 Å². The van der Waals surface area contributed by atoms with Gasteiger partial charge in [0, 0.05) is 37.8 Å². The Hall–Kier alpha value is -0.560. The van der Waals surface area contributed by atoms with Crippen LogP contribution in [0.1, 0.15) is 18.0 Å². The summed E-state index contributed by atoms with van der Waals surface area (Å²) in [5.74, 6) is 1.50. The number of rotatable bonds is 6. The van der Waals surface area contributed by atoms with Gasteiger partial charge in [-0.2, -0.15) is 0 Å². The minimum atomic E-state index is -0.351. The van der Waals surface area contributed by atoms with Crippen LogP contribution >= 0.6 is 28.3 Å². The molecule has 1 atom stereocenters. The monoisotopic (exact) mass is 396 g/mol. The second-order valence-electron chi connectivity index (χ2n) is 5.01.